The summed E-state index contributed by atoms with van der Waals surface area (Å²) < 4.78 is 4.82. The van der Waals surface area contributed by atoms with Gasteiger partial charge in [0.05, 0.1) is 22.1 Å². The molecule has 0 N–H and O–H groups in total. The van der Waals surface area contributed by atoms with Crippen LogP contribution >= 0.6 is 0 Å². The molecule has 0 amide bonds. The Morgan fingerprint density at radius 3 is 1.90 bits per heavy atom. The van der Waals surface area contributed by atoms with Gasteiger partial charge in [0.1, 0.15) is 0 Å². The van der Waals surface area contributed by atoms with E-state index in [9.17, 15) is 0 Å². The van der Waals surface area contributed by atoms with Crippen LogP contribution in [0.3, 0.4) is 0 Å². The second kappa shape index (κ2) is 5.99. The molecule has 0 saturated heterocycles. The Labute approximate surface area is 179 Å². The lowest BCUT2D eigenvalue weighted by Gasteiger charge is -2.10. The van der Waals surface area contributed by atoms with Crippen molar-refractivity contribution in [1.29, 1.82) is 0 Å². The van der Waals surface area contributed by atoms with E-state index in [2.05, 4.69) is 119 Å². The zero-order valence-corrected chi connectivity index (χ0v) is 17.2. The van der Waals surface area contributed by atoms with Gasteiger partial charge in [-0.05, 0) is 23.6 Å². The summed E-state index contributed by atoms with van der Waals surface area (Å²) in [6, 6.07) is 37.2. The molecule has 0 radical (unpaired) electrons. The Morgan fingerprint density at radius 2 is 1.06 bits per heavy atom. The van der Waals surface area contributed by atoms with Gasteiger partial charge in [0.15, 0.2) is 0 Å². The maximum atomic E-state index is 2.42. The summed E-state index contributed by atoms with van der Waals surface area (Å²) in [5, 5.41) is 7.77. The molecule has 0 unspecified atom stereocenters. The topological polar surface area (TPSA) is 9.86 Å². The number of nitrogens with zero attached hydrogens (tertiary/aromatic N) is 2. The van der Waals surface area contributed by atoms with Gasteiger partial charge in [-0.2, -0.15) is 0 Å². The molecule has 7 rings (SSSR count). The fraction of sp³-hybridized carbons (Fsp3) is 0.0345. The summed E-state index contributed by atoms with van der Waals surface area (Å²) in [4.78, 5) is 0. The molecule has 2 heteroatoms. The van der Waals surface area contributed by atoms with Gasteiger partial charge in [-0.1, -0.05) is 84.9 Å². The summed E-state index contributed by atoms with van der Waals surface area (Å²) in [7, 11) is 2.21. The molecular formula is C29H20N2. The van der Waals surface area contributed by atoms with Gasteiger partial charge in [0.25, 0.3) is 0 Å². The maximum Gasteiger partial charge on any atom is 0.0785 e. The van der Waals surface area contributed by atoms with Crippen molar-refractivity contribution in [2.75, 3.05) is 0 Å². The fourth-order valence-corrected chi connectivity index (χ4v) is 5.39. The average molecular weight is 396 g/mol. The number of aromatic nitrogens is 2. The molecule has 5 aromatic carbocycles. The SMILES string of the molecule is Cn1c2c3ccccc3ccc2c2ccc3c4ccccc4n(-c4ccccc4)c3c21. The van der Waals surface area contributed by atoms with E-state index in [0.29, 0.717) is 0 Å². The highest BCUT2D eigenvalue weighted by Gasteiger charge is 2.19. The van der Waals surface area contributed by atoms with Gasteiger partial charge in [-0.15, -0.1) is 0 Å². The molecule has 31 heavy (non-hydrogen) atoms. The van der Waals surface area contributed by atoms with E-state index in [1.165, 1.54) is 60.1 Å². The van der Waals surface area contributed by atoms with E-state index in [1.54, 1.807) is 0 Å². The Hall–Kier alpha value is -4.04. The van der Waals surface area contributed by atoms with Crippen LogP contribution in [0.5, 0.6) is 0 Å². The van der Waals surface area contributed by atoms with Gasteiger partial charge in [0, 0.05) is 39.7 Å². The molecule has 0 aliphatic carbocycles. The Bertz CT molecular complexity index is 1780. The van der Waals surface area contributed by atoms with Crippen LogP contribution in [-0.4, -0.2) is 9.13 Å². The number of hydrogen-bond donors (Lipinski definition) is 0. The first-order chi connectivity index (χ1) is 15.3. The van der Waals surface area contributed by atoms with Crippen LogP contribution in [0.4, 0.5) is 0 Å². The third-order valence-electron chi connectivity index (χ3n) is 6.69. The highest BCUT2D eigenvalue weighted by Crippen LogP contribution is 2.41. The number of hydrogen-bond acceptors (Lipinski definition) is 0. The third-order valence-corrected chi connectivity index (χ3v) is 6.69. The highest BCUT2D eigenvalue weighted by atomic mass is 15.0. The van der Waals surface area contributed by atoms with Crippen LogP contribution in [-0.2, 0) is 7.05 Å². The molecule has 7 aromatic rings. The van der Waals surface area contributed by atoms with Gasteiger partial charge >= 0.3 is 0 Å². The fourth-order valence-electron chi connectivity index (χ4n) is 5.39. The van der Waals surface area contributed by atoms with Crippen molar-refractivity contribution in [2.45, 2.75) is 0 Å². The van der Waals surface area contributed by atoms with Crippen molar-refractivity contribution < 1.29 is 0 Å². The number of para-hydroxylation sites is 2. The minimum Gasteiger partial charge on any atom is -0.341 e. The first-order valence-corrected chi connectivity index (χ1v) is 10.7. The van der Waals surface area contributed by atoms with Gasteiger partial charge in [0.2, 0.25) is 0 Å². The van der Waals surface area contributed by atoms with E-state index in [4.69, 9.17) is 0 Å². The molecule has 2 nitrogen and oxygen atoms in total. The predicted octanol–water partition coefficient (Wildman–Crippen LogP) is 7.58. The van der Waals surface area contributed by atoms with Crippen LogP contribution in [0.25, 0.3) is 60.1 Å². The number of aryl methyl sites for hydroxylation is 1. The quantitative estimate of drug-likeness (QED) is 0.271. The van der Waals surface area contributed by atoms with Crippen molar-refractivity contribution >= 4 is 54.4 Å². The summed E-state index contributed by atoms with van der Waals surface area (Å²) in [5.74, 6) is 0. The average Bonchev–Trinajstić information content (AvgIpc) is 3.32. The van der Waals surface area contributed by atoms with E-state index < -0.39 is 0 Å². The van der Waals surface area contributed by atoms with Crippen LogP contribution in [0, 0.1) is 0 Å². The Kier molecular flexibility index (Phi) is 3.23. The molecule has 0 atom stereocenters. The second-order valence-electron chi connectivity index (χ2n) is 8.29. The summed E-state index contributed by atoms with van der Waals surface area (Å²) in [6.45, 7) is 0. The van der Waals surface area contributed by atoms with Crippen LogP contribution in [0.15, 0.2) is 103 Å². The van der Waals surface area contributed by atoms with E-state index in [0.717, 1.165) is 0 Å². The van der Waals surface area contributed by atoms with Crippen LogP contribution in [0.1, 0.15) is 0 Å². The first-order valence-electron chi connectivity index (χ1n) is 10.7. The zero-order valence-electron chi connectivity index (χ0n) is 17.2. The molecule has 2 aromatic heterocycles. The lowest BCUT2D eigenvalue weighted by molar-refractivity contribution is 1.02. The van der Waals surface area contributed by atoms with Crippen molar-refractivity contribution in [2.24, 2.45) is 7.05 Å². The minimum atomic E-state index is 1.19. The second-order valence-corrected chi connectivity index (χ2v) is 8.29. The highest BCUT2D eigenvalue weighted by molar-refractivity contribution is 6.26. The molecule has 0 spiro atoms. The molecule has 0 aliphatic rings. The first kappa shape index (κ1) is 16.7. The molecule has 0 saturated carbocycles. The number of benzene rings is 5. The smallest absolute Gasteiger partial charge is 0.0785 e. The minimum absolute atomic E-state index is 1.19. The molecule has 146 valence electrons. The van der Waals surface area contributed by atoms with Crippen LogP contribution < -0.4 is 0 Å². The molecular weight excluding hydrogens is 376 g/mol. The van der Waals surface area contributed by atoms with Crippen LogP contribution in [0.2, 0.25) is 0 Å². The Morgan fingerprint density at radius 1 is 0.452 bits per heavy atom. The van der Waals surface area contributed by atoms with E-state index >= 15 is 0 Å². The molecule has 2 heterocycles. The summed E-state index contributed by atoms with van der Waals surface area (Å²) >= 11 is 0. The zero-order chi connectivity index (χ0) is 20.5. The number of fused-ring (bicyclic) bond motifs is 9. The normalized spacial score (nSPS) is 12.0. The molecule has 0 bridgehead atoms. The number of rotatable bonds is 1. The van der Waals surface area contributed by atoms with E-state index in [1.807, 2.05) is 0 Å². The van der Waals surface area contributed by atoms with Crippen molar-refractivity contribution in [3.63, 3.8) is 0 Å². The summed E-state index contributed by atoms with van der Waals surface area (Å²) in [6.07, 6.45) is 0. The molecule has 0 aliphatic heterocycles. The Balaban J connectivity index is 1.80. The lowest BCUT2D eigenvalue weighted by atomic mass is 10.0. The van der Waals surface area contributed by atoms with E-state index in [-0.39, 0.29) is 0 Å². The van der Waals surface area contributed by atoms with Gasteiger partial charge < -0.3 is 9.13 Å². The van der Waals surface area contributed by atoms with Crippen molar-refractivity contribution in [3.8, 4) is 5.69 Å². The van der Waals surface area contributed by atoms with Gasteiger partial charge in [-0.3, -0.25) is 0 Å². The molecule has 0 fully saturated rings. The maximum absolute atomic E-state index is 2.42. The third kappa shape index (κ3) is 2.11. The monoisotopic (exact) mass is 396 g/mol. The lowest BCUT2D eigenvalue weighted by Crippen LogP contribution is -1.96. The van der Waals surface area contributed by atoms with Gasteiger partial charge in [-0.25, -0.2) is 0 Å². The van der Waals surface area contributed by atoms with Crippen molar-refractivity contribution in [3.05, 3.63) is 103 Å². The summed E-state index contributed by atoms with van der Waals surface area (Å²) in [5.41, 5.74) is 6.28. The van der Waals surface area contributed by atoms with Crippen molar-refractivity contribution in [1.82, 2.24) is 9.13 Å². The predicted molar refractivity (Wildman–Crippen MR) is 132 cm³/mol. The standard InChI is InChI=1S/C29H20N2/c1-30-27-21-12-6-5-9-19(21)15-16-24(27)25-18-17-23-22-13-7-8-14-26(22)31(29(23)28(25)30)20-10-3-2-4-11-20/h2-18H,1H3. The largest absolute Gasteiger partial charge is 0.341 e.